The zero-order valence-electron chi connectivity index (χ0n) is 18.6. The van der Waals surface area contributed by atoms with Crippen molar-refractivity contribution in [2.75, 3.05) is 20.7 Å². The number of hydrogen-bond donors (Lipinski definition) is 2. The molecule has 0 unspecified atom stereocenters. The van der Waals surface area contributed by atoms with Crippen LogP contribution in [-0.2, 0) is 18.5 Å². The first-order chi connectivity index (χ1) is 14.5. The fourth-order valence-electron chi connectivity index (χ4n) is 3.30. The molecule has 0 saturated carbocycles. The topological polar surface area (TPSA) is 63.5 Å². The Morgan fingerprint density at radius 1 is 1.03 bits per heavy atom. The molecule has 2 aromatic carbocycles. The van der Waals surface area contributed by atoms with E-state index in [0.29, 0.717) is 6.54 Å². The minimum absolute atomic E-state index is 0. The van der Waals surface area contributed by atoms with Crippen LogP contribution in [0.5, 0.6) is 5.75 Å². The quantitative estimate of drug-likeness (QED) is 0.259. The number of rotatable bonds is 8. The molecule has 1 aromatic heterocycles. The standard InChI is InChI=1S/C24H31N5O.HI/c1-24(2,21-10-12-22(30-4)13-11-21)18-27-23(25-3)26-16-19-8-5-6-9-20(19)17-29-15-7-14-28-29;/h5-15H,16-18H2,1-4H3,(H2,25,26,27);1H. The molecule has 0 aliphatic heterocycles. The fourth-order valence-corrected chi connectivity index (χ4v) is 3.30. The maximum atomic E-state index is 5.26. The van der Waals surface area contributed by atoms with E-state index in [4.69, 9.17) is 4.74 Å². The number of aliphatic imine (C=N–C) groups is 1. The molecule has 0 saturated heterocycles. The van der Waals surface area contributed by atoms with Crippen LogP contribution in [0.2, 0.25) is 0 Å². The van der Waals surface area contributed by atoms with Crippen LogP contribution in [0.25, 0.3) is 0 Å². The second-order valence-electron chi connectivity index (χ2n) is 7.86. The monoisotopic (exact) mass is 533 g/mol. The Morgan fingerprint density at radius 2 is 1.74 bits per heavy atom. The lowest BCUT2D eigenvalue weighted by molar-refractivity contribution is 0.414. The lowest BCUT2D eigenvalue weighted by Crippen LogP contribution is -2.43. The van der Waals surface area contributed by atoms with Crippen molar-refractivity contribution in [2.24, 2.45) is 4.99 Å². The van der Waals surface area contributed by atoms with Gasteiger partial charge in [0.2, 0.25) is 0 Å². The van der Waals surface area contributed by atoms with Crippen molar-refractivity contribution in [3.63, 3.8) is 0 Å². The third-order valence-electron chi connectivity index (χ3n) is 5.25. The van der Waals surface area contributed by atoms with E-state index in [1.807, 2.05) is 29.1 Å². The van der Waals surface area contributed by atoms with Crippen molar-refractivity contribution < 1.29 is 4.74 Å². The fraction of sp³-hybridized carbons (Fsp3) is 0.333. The van der Waals surface area contributed by atoms with Gasteiger partial charge in [-0.15, -0.1) is 24.0 Å². The van der Waals surface area contributed by atoms with E-state index < -0.39 is 0 Å². The molecule has 166 valence electrons. The van der Waals surface area contributed by atoms with Crippen LogP contribution in [-0.4, -0.2) is 36.4 Å². The molecule has 31 heavy (non-hydrogen) atoms. The zero-order chi connectivity index (χ0) is 21.4. The highest BCUT2D eigenvalue weighted by Gasteiger charge is 2.21. The maximum Gasteiger partial charge on any atom is 0.191 e. The Hall–Kier alpha value is -2.55. The van der Waals surface area contributed by atoms with Gasteiger partial charge in [0.15, 0.2) is 5.96 Å². The predicted octanol–water partition coefficient (Wildman–Crippen LogP) is 4.20. The van der Waals surface area contributed by atoms with Crippen molar-refractivity contribution in [2.45, 2.75) is 32.4 Å². The Kier molecular flexibility index (Phi) is 9.36. The smallest absolute Gasteiger partial charge is 0.191 e. The van der Waals surface area contributed by atoms with E-state index in [-0.39, 0.29) is 29.4 Å². The molecule has 2 N–H and O–H groups in total. The van der Waals surface area contributed by atoms with Gasteiger partial charge in [-0.05, 0) is 34.9 Å². The first-order valence-electron chi connectivity index (χ1n) is 10.1. The number of ether oxygens (including phenoxy) is 1. The summed E-state index contributed by atoms with van der Waals surface area (Å²) in [6.45, 7) is 6.64. The second-order valence-corrected chi connectivity index (χ2v) is 7.86. The molecule has 0 fully saturated rings. The first kappa shape index (κ1) is 24.7. The number of benzene rings is 2. The van der Waals surface area contributed by atoms with Crippen LogP contribution in [0, 0.1) is 0 Å². The van der Waals surface area contributed by atoms with Crippen LogP contribution < -0.4 is 15.4 Å². The molecule has 3 aromatic rings. The molecule has 1 heterocycles. The van der Waals surface area contributed by atoms with Gasteiger partial charge in [0, 0.05) is 37.9 Å². The van der Waals surface area contributed by atoms with Crippen LogP contribution in [0.4, 0.5) is 0 Å². The Balaban J connectivity index is 0.00000341. The zero-order valence-corrected chi connectivity index (χ0v) is 21.0. The number of aromatic nitrogens is 2. The van der Waals surface area contributed by atoms with Gasteiger partial charge in [-0.3, -0.25) is 9.67 Å². The van der Waals surface area contributed by atoms with E-state index in [2.05, 4.69) is 71.0 Å². The van der Waals surface area contributed by atoms with Crippen LogP contribution >= 0.6 is 24.0 Å². The first-order valence-corrected chi connectivity index (χ1v) is 10.1. The van der Waals surface area contributed by atoms with Crippen LogP contribution in [0.1, 0.15) is 30.5 Å². The van der Waals surface area contributed by atoms with Gasteiger partial charge < -0.3 is 15.4 Å². The molecule has 0 bridgehead atoms. The van der Waals surface area contributed by atoms with Gasteiger partial charge in [-0.25, -0.2) is 0 Å². The van der Waals surface area contributed by atoms with Gasteiger partial charge >= 0.3 is 0 Å². The van der Waals surface area contributed by atoms with Crippen molar-refractivity contribution in [1.29, 1.82) is 0 Å². The Labute approximate surface area is 202 Å². The number of nitrogens with one attached hydrogen (secondary N) is 2. The summed E-state index contributed by atoms with van der Waals surface area (Å²) < 4.78 is 7.20. The maximum absolute atomic E-state index is 5.26. The molecule has 0 spiro atoms. The number of halogens is 1. The SMILES string of the molecule is CN=C(NCc1ccccc1Cn1cccn1)NCC(C)(C)c1ccc(OC)cc1.I. The number of methoxy groups -OCH3 is 1. The number of guanidine groups is 1. The van der Waals surface area contributed by atoms with Crippen molar-refractivity contribution in [3.05, 3.63) is 83.7 Å². The molecular formula is C24H32IN5O. The molecule has 0 radical (unpaired) electrons. The van der Waals surface area contributed by atoms with E-state index in [1.165, 1.54) is 16.7 Å². The lowest BCUT2D eigenvalue weighted by atomic mass is 9.84. The van der Waals surface area contributed by atoms with E-state index >= 15 is 0 Å². The normalized spacial score (nSPS) is 11.5. The van der Waals surface area contributed by atoms with Gasteiger partial charge in [0.05, 0.1) is 13.7 Å². The summed E-state index contributed by atoms with van der Waals surface area (Å²) in [5, 5.41) is 11.2. The minimum atomic E-state index is -0.0537. The van der Waals surface area contributed by atoms with Gasteiger partial charge in [-0.2, -0.15) is 5.10 Å². The molecule has 0 aliphatic rings. The third-order valence-corrected chi connectivity index (χ3v) is 5.25. The van der Waals surface area contributed by atoms with Crippen molar-refractivity contribution in [1.82, 2.24) is 20.4 Å². The summed E-state index contributed by atoms with van der Waals surface area (Å²) in [6.07, 6.45) is 3.78. The summed E-state index contributed by atoms with van der Waals surface area (Å²) in [7, 11) is 3.48. The highest BCUT2D eigenvalue weighted by molar-refractivity contribution is 14.0. The molecule has 3 rings (SSSR count). The summed E-state index contributed by atoms with van der Waals surface area (Å²) in [6, 6.07) is 18.6. The summed E-state index contributed by atoms with van der Waals surface area (Å²) in [4.78, 5) is 4.39. The Morgan fingerprint density at radius 3 is 2.35 bits per heavy atom. The number of nitrogens with zero attached hydrogens (tertiary/aromatic N) is 3. The molecule has 0 amide bonds. The molecule has 6 nitrogen and oxygen atoms in total. The van der Waals surface area contributed by atoms with E-state index in [1.54, 1.807) is 20.4 Å². The van der Waals surface area contributed by atoms with Crippen LogP contribution in [0.15, 0.2) is 72.0 Å². The minimum Gasteiger partial charge on any atom is -0.497 e. The van der Waals surface area contributed by atoms with Gasteiger partial charge in [0.25, 0.3) is 0 Å². The van der Waals surface area contributed by atoms with Crippen LogP contribution in [0.3, 0.4) is 0 Å². The molecule has 0 aliphatic carbocycles. The van der Waals surface area contributed by atoms with E-state index in [9.17, 15) is 0 Å². The summed E-state index contributed by atoms with van der Waals surface area (Å²) >= 11 is 0. The lowest BCUT2D eigenvalue weighted by Gasteiger charge is -2.27. The molecule has 0 atom stereocenters. The average molecular weight is 533 g/mol. The van der Waals surface area contributed by atoms with E-state index in [0.717, 1.165) is 24.8 Å². The van der Waals surface area contributed by atoms with Crippen molar-refractivity contribution in [3.8, 4) is 5.75 Å². The molecule has 7 heteroatoms. The van der Waals surface area contributed by atoms with Crippen molar-refractivity contribution >= 4 is 29.9 Å². The summed E-state index contributed by atoms with van der Waals surface area (Å²) in [5.41, 5.74) is 3.66. The number of hydrogen-bond acceptors (Lipinski definition) is 3. The largest absolute Gasteiger partial charge is 0.497 e. The van der Waals surface area contributed by atoms with Gasteiger partial charge in [-0.1, -0.05) is 50.2 Å². The second kappa shape index (κ2) is 11.7. The predicted molar refractivity (Wildman–Crippen MR) is 137 cm³/mol. The Bertz CT molecular complexity index is 952. The van der Waals surface area contributed by atoms with Gasteiger partial charge in [0.1, 0.15) is 5.75 Å². The molecular weight excluding hydrogens is 501 g/mol. The third kappa shape index (κ3) is 6.99. The summed E-state index contributed by atoms with van der Waals surface area (Å²) in [5.74, 6) is 1.65. The highest BCUT2D eigenvalue weighted by Crippen LogP contribution is 2.24. The highest BCUT2D eigenvalue weighted by atomic mass is 127. The average Bonchev–Trinajstić information content (AvgIpc) is 3.28.